The summed E-state index contributed by atoms with van der Waals surface area (Å²) in [5.74, 6) is 0.850. The SMILES string of the molecule is CCOC1CC(COCc2ccc(OC)cc2)SC1O. The molecule has 0 aromatic heterocycles. The molecule has 20 heavy (non-hydrogen) atoms. The lowest BCUT2D eigenvalue weighted by molar-refractivity contribution is 0.00516. The van der Waals surface area contributed by atoms with Crippen LogP contribution in [0.15, 0.2) is 24.3 Å². The van der Waals surface area contributed by atoms with Crippen molar-refractivity contribution in [2.45, 2.75) is 36.7 Å². The van der Waals surface area contributed by atoms with Crippen LogP contribution >= 0.6 is 11.8 Å². The summed E-state index contributed by atoms with van der Waals surface area (Å²) in [5.41, 5.74) is 0.695. The van der Waals surface area contributed by atoms with Gasteiger partial charge in [-0.1, -0.05) is 12.1 Å². The molecule has 0 bridgehead atoms. The highest BCUT2D eigenvalue weighted by atomic mass is 32.2. The first kappa shape index (κ1) is 15.6. The number of hydrogen-bond acceptors (Lipinski definition) is 5. The van der Waals surface area contributed by atoms with Gasteiger partial charge in [-0.2, -0.15) is 0 Å². The molecule has 0 spiro atoms. The second-order valence-corrected chi connectivity index (χ2v) is 6.16. The summed E-state index contributed by atoms with van der Waals surface area (Å²) in [7, 11) is 1.66. The minimum absolute atomic E-state index is 0.0559. The third-order valence-electron chi connectivity index (χ3n) is 3.26. The van der Waals surface area contributed by atoms with Crippen molar-refractivity contribution in [3.63, 3.8) is 0 Å². The molecule has 3 unspecified atom stereocenters. The van der Waals surface area contributed by atoms with Crippen LogP contribution in [0.2, 0.25) is 0 Å². The van der Waals surface area contributed by atoms with E-state index in [1.54, 1.807) is 18.9 Å². The number of hydrogen-bond donors (Lipinski definition) is 1. The molecule has 1 aliphatic rings. The molecule has 1 aromatic carbocycles. The van der Waals surface area contributed by atoms with Gasteiger partial charge in [-0.3, -0.25) is 0 Å². The van der Waals surface area contributed by atoms with Crippen LogP contribution in [0.3, 0.4) is 0 Å². The van der Waals surface area contributed by atoms with Crippen LogP contribution < -0.4 is 4.74 Å². The molecule has 1 heterocycles. The Balaban J connectivity index is 1.70. The summed E-state index contributed by atoms with van der Waals surface area (Å²) in [6.45, 7) is 3.81. The second-order valence-electron chi connectivity index (χ2n) is 4.74. The van der Waals surface area contributed by atoms with Gasteiger partial charge >= 0.3 is 0 Å². The van der Waals surface area contributed by atoms with E-state index in [1.165, 1.54) is 0 Å². The maximum atomic E-state index is 9.83. The number of benzene rings is 1. The molecule has 1 fully saturated rings. The lowest BCUT2D eigenvalue weighted by atomic mass is 10.2. The van der Waals surface area contributed by atoms with Crippen molar-refractivity contribution >= 4 is 11.8 Å². The zero-order chi connectivity index (χ0) is 14.4. The van der Waals surface area contributed by atoms with Gasteiger partial charge in [0.05, 0.1) is 26.4 Å². The molecule has 0 saturated carbocycles. The van der Waals surface area contributed by atoms with Crippen LogP contribution in [-0.4, -0.2) is 42.2 Å². The average molecular weight is 298 g/mol. The first-order valence-corrected chi connectivity index (χ1v) is 7.83. The summed E-state index contributed by atoms with van der Waals surface area (Å²) in [6, 6.07) is 7.85. The van der Waals surface area contributed by atoms with Crippen molar-refractivity contribution in [2.24, 2.45) is 0 Å². The van der Waals surface area contributed by atoms with Crippen molar-refractivity contribution in [3.05, 3.63) is 29.8 Å². The van der Waals surface area contributed by atoms with Crippen LogP contribution in [0.4, 0.5) is 0 Å². The number of methoxy groups -OCH3 is 1. The molecule has 1 saturated heterocycles. The van der Waals surface area contributed by atoms with Gasteiger partial charge in [0, 0.05) is 11.9 Å². The molecule has 1 aromatic rings. The molecular formula is C15H22O4S. The third kappa shape index (κ3) is 4.38. The third-order valence-corrected chi connectivity index (χ3v) is 4.55. The van der Waals surface area contributed by atoms with Crippen molar-refractivity contribution in [3.8, 4) is 5.75 Å². The zero-order valence-corrected chi connectivity index (χ0v) is 12.8. The number of ether oxygens (including phenoxy) is 3. The van der Waals surface area contributed by atoms with Crippen molar-refractivity contribution in [1.82, 2.24) is 0 Å². The van der Waals surface area contributed by atoms with Gasteiger partial charge in [0.25, 0.3) is 0 Å². The fourth-order valence-electron chi connectivity index (χ4n) is 2.22. The first-order valence-electron chi connectivity index (χ1n) is 6.88. The van der Waals surface area contributed by atoms with Crippen LogP contribution in [0.5, 0.6) is 5.75 Å². The molecule has 112 valence electrons. The summed E-state index contributed by atoms with van der Waals surface area (Å²) in [5, 5.41) is 10.1. The lowest BCUT2D eigenvalue weighted by Crippen LogP contribution is -2.21. The van der Waals surface area contributed by atoms with Gasteiger partial charge < -0.3 is 19.3 Å². The fraction of sp³-hybridized carbons (Fsp3) is 0.600. The molecule has 3 atom stereocenters. The Bertz CT molecular complexity index is 395. The molecule has 0 amide bonds. The number of aliphatic hydroxyl groups is 1. The second kappa shape index (κ2) is 7.88. The van der Waals surface area contributed by atoms with Gasteiger partial charge in [0.15, 0.2) is 0 Å². The minimum atomic E-state index is -0.426. The van der Waals surface area contributed by atoms with Gasteiger partial charge in [-0.05, 0) is 31.0 Å². The van der Waals surface area contributed by atoms with E-state index in [0.717, 1.165) is 17.7 Å². The average Bonchev–Trinajstić information content (AvgIpc) is 2.80. The van der Waals surface area contributed by atoms with Gasteiger partial charge in [0.2, 0.25) is 0 Å². The monoisotopic (exact) mass is 298 g/mol. The predicted octanol–water partition coefficient (Wildman–Crippen LogP) is 2.44. The maximum Gasteiger partial charge on any atom is 0.126 e. The summed E-state index contributed by atoms with van der Waals surface area (Å²) >= 11 is 1.54. The van der Waals surface area contributed by atoms with E-state index in [1.807, 2.05) is 31.2 Å². The fourth-order valence-corrected chi connectivity index (χ4v) is 3.45. The molecule has 1 aliphatic heterocycles. The lowest BCUT2D eigenvalue weighted by Gasteiger charge is -2.12. The van der Waals surface area contributed by atoms with E-state index < -0.39 is 5.44 Å². The molecule has 2 rings (SSSR count). The minimum Gasteiger partial charge on any atom is -0.497 e. The van der Waals surface area contributed by atoms with Crippen LogP contribution in [0.25, 0.3) is 0 Å². The zero-order valence-electron chi connectivity index (χ0n) is 12.0. The van der Waals surface area contributed by atoms with E-state index in [2.05, 4.69) is 0 Å². The number of aliphatic hydroxyl groups excluding tert-OH is 1. The normalized spacial score (nSPS) is 25.9. The Morgan fingerprint density at radius 1 is 1.30 bits per heavy atom. The molecular weight excluding hydrogens is 276 g/mol. The van der Waals surface area contributed by atoms with Crippen LogP contribution in [0, 0.1) is 0 Å². The van der Waals surface area contributed by atoms with E-state index >= 15 is 0 Å². The van der Waals surface area contributed by atoms with Crippen LogP contribution in [-0.2, 0) is 16.1 Å². The topological polar surface area (TPSA) is 47.9 Å². The molecule has 4 nitrogen and oxygen atoms in total. The molecule has 5 heteroatoms. The Labute approximate surface area is 124 Å². The summed E-state index contributed by atoms with van der Waals surface area (Å²) in [6.07, 6.45) is 0.794. The van der Waals surface area contributed by atoms with Gasteiger partial charge in [0.1, 0.15) is 11.2 Å². The Morgan fingerprint density at radius 3 is 2.70 bits per heavy atom. The van der Waals surface area contributed by atoms with E-state index in [9.17, 15) is 5.11 Å². The summed E-state index contributed by atoms with van der Waals surface area (Å²) in [4.78, 5) is 0. The standard InChI is InChI=1S/C15H22O4S/c1-3-19-14-8-13(20-15(14)16)10-18-9-11-4-6-12(17-2)7-5-11/h4-7,13-16H,3,8-10H2,1-2H3. The largest absolute Gasteiger partial charge is 0.497 e. The highest BCUT2D eigenvalue weighted by Gasteiger charge is 2.34. The number of rotatable bonds is 7. The Kier molecular flexibility index (Phi) is 6.16. The van der Waals surface area contributed by atoms with E-state index in [4.69, 9.17) is 14.2 Å². The maximum absolute atomic E-state index is 9.83. The Morgan fingerprint density at radius 2 is 2.05 bits per heavy atom. The van der Waals surface area contributed by atoms with E-state index in [-0.39, 0.29) is 6.10 Å². The quantitative estimate of drug-likeness (QED) is 0.838. The Hall–Kier alpha value is -0.750. The molecule has 0 radical (unpaired) electrons. The first-order chi connectivity index (χ1) is 9.72. The van der Waals surface area contributed by atoms with Crippen molar-refractivity contribution < 1.29 is 19.3 Å². The highest BCUT2D eigenvalue weighted by molar-refractivity contribution is 8.00. The van der Waals surface area contributed by atoms with Crippen molar-refractivity contribution in [2.75, 3.05) is 20.3 Å². The highest BCUT2D eigenvalue weighted by Crippen LogP contribution is 2.34. The van der Waals surface area contributed by atoms with E-state index in [0.29, 0.717) is 25.1 Å². The predicted molar refractivity (Wildman–Crippen MR) is 80.1 cm³/mol. The van der Waals surface area contributed by atoms with Gasteiger partial charge in [-0.15, -0.1) is 11.8 Å². The van der Waals surface area contributed by atoms with Crippen molar-refractivity contribution in [1.29, 1.82) is 0 Å². The molecule has 0 aliphatic carbocycles. The number of thioether (sulfide) groups is 1. The van der Waals surface area contributed by atoms with Crippen LogP contribution in [0.1, 0.15) is 18.9 Å². The van der Waals surface area contributed by atoms with Gasteiger partial charge in [-0.25, -0.2) is 0 Å². The molecule has 1 N–H and O–H groups in total. The summed E-state index contributed by atoms with van der Waals surface area (Å²) < 4.78 is 16.3. The smallest absolute Gasteiger partial charge is 0.126 e.